The van der Waals surface area contributed by atoms with E-state index in [1.54, 1.807) is 0 Å². The Labute approximate surface area is 126 Å². The lowest BCUT2D eigenvalue weighted by Gasteiger charge is -2.12. The summed E-state index contributed by atoms with van der Waals surface area (Å²) in [4.78, 5) is 3.32. The summed E-state index contributed by atoms with van der Waals surface area (Å²) in [6, 6.07) is 4.73. The summed E-state index contributed by atoms with van der Waals surface area (Å²) in [7, 11) is -2.17. The molecule has 0 bridgehead atoms. The molecule has 1 heterocycles. The summed E-state index contributed by atoms with van der Waals surface area (Å²) >= 11 is 0. The normalized spacial score (nSPS) is 12.3. The van der Waals surface area contributed by atoms with E-state index in [1.807, 2.05) is 0 Å². The highest BCUT2D eigenvalue weighted by molar-refractivity contribution is 6.58. The maximum Gasteiger partial charge on any atom is 0.488 e. The minimum atomic E-state index is -4.84. The number of hydrogen-bond donors (Lipinski definition) is 2. The number of alkyl halides is 6. The molecule has 2 rings (SSSR count). The molecule has 0 amide bonds. The van der Waals surface area contributed by atoms with Gasteiger partial charge in [0.1, 0.15) is 5.69 Å². The Bertz CT molecular complexity index is 697. The van der Waals surface area contributed by atoms with Crippen molar-refractivity contribution in [2.45, 2.75) is 12.4 Å². The van der Waals surface area contributed by atoms with E-state index in [-0.39, 0.29) is 11.3 Å². The Kier molecular flexibility index (Phi) is 4.40. The number of hydrogen-bond acceptors (Lipinski definition) is 3. The first-order chi connectivity index (χ1) is 10.5. The average molecular weight is 335 g/mol. The number of benzene rings is 1. The third-order valence-electron chi connectivity index (χ3n) is 2.94. The van der Waals surface area contributed by atoms with Crippen molar-refractivity contribution in [3.63, 3.8) is 0 Å². The molecule has 0 fully saturated rings. The molecule has 3 nitrogen and oxygen atoms in total. The molecule has 0 spiro atoms. The molecule has 0 saturated carbocycles. The van der Waals surface area contributed by atoms with Gasteiger partial charge in [-0.15, -0.1) is 0 Å². The zero-order chi connectivity index (χ0) is 17.4. The van der Waals surface area contributed by atoms with Crippen molar-refractivity contribution >= 4 is 12.6 Å². The molecule has 0 unspecified atom stereocenters. The first-order valence-corrected chi connectivity index (χ1v) is 6.11. The third-order valence-corrected chi connectivity index (χ3v) is 2.94. The van der Waals surface area contributed by atoms with Gasteiger partial charge in [0, 0.05) is 5.56 Å². The van der Waals surface area contributed by atoms with Gasteiger partial charge in [0.2, 0.25) is 0 Å². The van der Waals surface area contributed by atoms with Crippen molar-refractivity contribution in [3.8, 4) is 11.3 Å². The van der Waals surface area contributed by atoms with Gasteiger partial charge in [0.05, 0.1) is 11.3 Å². The van der Waals surface area contributed by atoms with Gasteiger partial charge in [-0.05, 0) is 29.7 Å². The maximum atomic E-state index is 12.8. The van der Waals surface area contributed by atoms with Crippen LogP contribution in [0.4, 0.5) is 26.3 Å². The molecule has 0 saturated heterocycles. The Morgan fingerprint density at radius 1 is 0.826 bits per heavy atom. The lowest BCUT2D eigenvalue weighted by Crippen LogP contribution is -2.31. The Hall–Kier alpha value is -2.07. The maximum absolute atomic E-state index is 12.8. The second kappa shape index (κ2) is 5.86. The topological polar surface area (TPSA) is 53.4 Å². The number of halogens is 6. The monoisotopic (exact) mass is 335 g/mol. The largest absolute Gasteiger partial charge is 0.488 e. The summed E-state index contributed by atoms with van der Waals surface area (Å²) in [5, 5.41) is 18.1. The highest BCUT2D eigenvalue weighted by atomic mass is 19.4. The van der Waals surface area contributed by atoms with Crippen LogP contribution < -0.4 is 5.46 Å². The predicted octanol–water partition coefficient (Wildman–Crippen LogP) is 2.47. The minimum Gasteiger partial charge on any atom is -0.423 e. The molecule has 10 heteroatoms. The fourth-order valence-corrected chi connectivity index (χ4v) is 1.82. The fraction of sp³-hybridized carbons (Fsp3) is 0.154. The Morgan fingerprint density at radius 2 is 1.39 bits per heavy atom. The van der Waals surface area contributed by atoms with Gasteiger partial charge >= 0.3 is 19.5 Å². The molecule has 0 aliphatic rings. The van der Waals surface area contributed by atoms with E-state index in [4.69, 9.17) is 10.0 Å². The molecular weight excluding hydrogens is 327 g/mol. The number of pyridine rings is 1. The molecule has 122 valence electrons. The molecule has 0 aliphatic heterocycles. The number of aromatic nitrogens is 1. The SMILES string of the molecule is OB(O)c1cc(-c2ccc(C(F)(F)F)cc2)nc(C(F)(F)F)c1. The van der Waals surface area contributed by atoms with Gasteiger partial charge < -0.3 is 10.0 Å². The molecule has 1 aromatic carbocycles. The second-order valence-electron chi connectivity index (χ2n) is 4.62. The lowest BCUT2D eigenvalue weighted by molar-refractivity contribution is -0.141. The Balaban J connectivity index is 2.52. The van der Waals surface area contributed by atoms with Crippen molar-refractivity contribution in [1.29, 1.82) is 0 Å². The molecule has 0 atom stereocenters. The quantitative estimate of drug-likeness (QED) is 0.655. The summed E-state index contributed by atoms with van der Waals surface area (Å²) in [6.07, 6.45) is -9.42. The minimum absolute atomic E-state index is 0.0222. The van der Waals surface area contributed by atoms with Crippen molar-refractivity contribution in [1.82, 2.24) is 4.98 Å². The molecule has 1 aromatic heterocycles. The molecule has 0 aliphatic carbocycles. The number of rotatable bonds is 2. The zero-order valence-electron chi connectivity index (χ0n) is 11.2. The van der Waals surface area contributed by atoms with Crippen LogP contribution in [0.15, 0.2) is 36.4 Å². The van der Waals surface area contributed by atoms with Gasteiger partial charge in [-0.2, -0.15) is 26.3 Å². The molecular formula is C13H8BF6NO2. The van der Waals surface area contributed by atoms with Crippen LogP contribution in [0.3, 0.4) is 0 Å². The van der Waals surface area contributed by atoms with Gasteiger partial charge in [-0.3, -0.25) is 0 Å². The lowest BCUT2D eigenvalue weighted by atomic mass is 9.79. The van der Waals surface area contributed by atoms with E-state index in [0.717, 1.165) is 18.2 Å². The van der Waals surface area contributed by atoms with Crippen LogP contribution in [0.25, 0.3) is 11.3 Å². The average Bonchev–Trinajstić information content (AvgIpc) is 2.45. The van der Waals surface area contributed by atoms with E-state index < -0.39 is 36.2 Å². The fourth-order valence-electron chi connectivity index (χ4n) is 1.82. The summed E-state index contributed by atoms with van der Waals surface area (Å²) < 4.78 is 75.8. The zero-order valence-corrected chi connectivity index (χ0v) is 11.2. The van der Waals surface area contributed by atoms with E-state index in [1.165, 1.54) is 0 Å². The number of nitrogens with zero attached hydrogens (tertiary/aromatic N) is 1. The van der Waals surface area contributed by atoms with Crippen molar-refractivity contribution in [3.05, 3.63) is 47.7 Å². The van der Waals surface area contributed by atoms with E-state index in [2.05, 4.69) is 4.98 Å². The first kappa shape index (κ1) is 17.3. The standard InChI is InChI=1S/C13H8BF6NO2/c15-12(16,17)8-3-1-7(2-4-8)10-5-9(14(22)23)6-11(21-10)13(18,19)20/h1-6,22-23H. The van der Waals surface area contributed by atoms with E-state index >= 15 is 0 Å². The van der Waals surface area contributed by atoms with Crippen LogP contribution in [0.5, 0.6) is 0 Å². The van der Waals surface area contributed by atoms with Crippen LogP contribution in [0, 0.1) is 0 Å². The molecule has 2 aromatic rings. The van der Waals surface area contributed by atoms with Crippen LogP contribution in [0.1, 0.15) is 11.3 Å². The summed E-state index contributed by atoms with van der Waals surface area (Å²) in [5.74, 6) is 0. The highest BCUT2D eigenvalue weighted by Gasteiger charge is 2.34. The molecule has 0 radical (unpaired) electrons. The van der Waals surface area contributed by atoms with Crippen LogP contribution >= 0.6 is 0 Å². The molecule has 2 N–H and O–H groups in total. The van der Waals surface area contributed by atoms with Crippen molar-refractivity contribution in [2.75, 3.05) is 0 Å². The van der Waals surface area contributed by atoms with E-state index in [9.17, 15) is 26.3 Å². The van der Waals surface area contributed by atoms with Gasteiger partial charge in [-0.25, -0.2) is 4.98 Å². The first-order valence-electron chi connectivity index (χ1n) is 6.11. The van der Waals surface area contributed by atoms with Gasteiger partial charge in [0.15, 0.2) is 0 Å². The van der Waals surface area contributed by atoms with Crippen LogP contribution in [-0.2, 0) is 12.4 Å². The predicted molar refractivity (Wildman–Crippen MR) is 69.5 cm³/mol. The molecule has 23 heavy (non-hydrogen) atoms. The van der Waals surface area contributed by atoms with Crippen LogP contribution in [-0.4, -0.2) is 22.2 Å². The summed E-state index contributed by atoms with van der Waals surface area (Å²) in [5.41, 5.74) is -3.15. The van der Waals surface area contributed by atoms with E-state index in [0.29, 0.717) is 18.2 Å². The van der Waals surface area contributed by atoms with Crippen molar-refractivity contribution < 1.29 is 36.4 Å². The van der Waals surface area contributed by atoms with Gasteiger partial charge in [-0.1, -0.05) is 12.1 Å². The smallest absolute Gasteiger partial charge is 0.423 e. The summed E-state index contributed by atoms with van der Waals surface area (Å²) in [6.45, 7) is 0. The highest BCUT2D eigenvalue weighted by Crippen LogP contribution is 2.32. The second-order valence-corrected chi connectivity index (χ2v) is 4.62. The Morgan fingerprint density at radius 3 is 1.83 bits per heavy atom. The van der Waals surface area contributed by atoms with Crippen LogP contribution in [0.2, 0.25) is 0 Å². The third kappa shape index (κ3) is 4.02. The van der Waals surface area contributed by atoms with Gasteiger partial charge in [0.25, 0.3) is 0 Å². The van der Waals surface area contributed by atoms with Crippen molar-refractivity contribution in [2.24, 2.45) is 0 Å².